The van der Waals surface area contributed by atoms with Crippen LogP contribution >= 0.6 is 24.0 Å². The Hall–Kier alpha value is -0.570. The summed E-state index contributed by atoms with van der Waals surface area (Å²) in [4.78, 5) is 20.8. The van der Waals surface area contributed by atoms with E-state index in [4.69, 9.17) is 0 Å². The Morgan fingerprint density at radius 2 is 1.68 bits per heavy atom. The first-order chi connectivity index (χ1) is 13.0. The van der Waals surface area contributed by atoms with Gasteiger partial charge in [-0.2, -0.15) is 0 Å². The average Bonchev–Trinajstić information content (AvgIpc) is 2.65. The molecular formula is C21H40IN5O. The van der Waals surface area contributed by atoms with Crippen molar-refractivity contribution in [2.75, 3.05) is 34.2 Å². The lowest BCUT2D eigenvalue weighted by atomic mass is 9.82. The number of rotatable bonds is 5. The Balaban J connectivity index is 0.00000280. The van der Waals surface area contributed by atoms with Crippen molar-refractivity contribution in [1.82, 2.24) is 20.4 Å². The van der Waals surface area contributed by atoms with Gasteiger partial charge in [0, 0.05) is 38.8 Å². The van der Waals surface area contributed by atoms with Gasteiger partial charge in [-0.05, 0) is 51.5 Å². The van der Waals surface area contributed by atoms with Crippen LogP contribution in [0.5, 0.6) is 0 Å². The van der Waals surface area contributed by atoms with E-state index in [1.807, 2.05) is 0 Å². The summed E-state index contributed by atoms with van der Waals surface area (Å²) in [5.74, 6) is 1.63. The maximum atomic E-state index is 12.0. The maximum Gasteiger partial charge on any atom is 0.243 e. The van der Waals surface area contributed by atoms with Gasteiger partial charge in [-0.1, -0.05) is 25.7 Å². The number of halogens is 1. The molecule has 0 aromatic rings. The third kappa shape index (κ3) is 6.75. The molecule has 2 atom stereocenters. The molecule has 3 aliphatic rings. The van der Waals surface area contributed by atoms with Crippen LogP contribution in [0, 0.1) is 5.92 Å². The second kappa shape index (κ2) is 11.6. The lowest BCUT2D eigenvalue weighted by Gasteiger charge is -2.47. The molecule has 1 aliphatic carbocycles. The number of hydrogen-bond acceptors (Lipinski definition) is 3. The number of nitrogens with zero attached hydrogens (tertiary/aromatic N) is 3. The fourth-order valence-electron chi connectivity index (χ4n) is 5.00. The third-order valence-electron chi connectivity index (χ3n) is 6.83. The van der Waals surface area contributed by atoms with E-state index in [0.29, 0.717) is 18.1 Å². The molecule has 7 heteroatoms. The number of likely N-dealkylation sites (N-methyl/N-ethyl adjacent to an activating group) is 1. The van der Waals surface area contributed by atoms with Gasteiger partial charge in [-0.25, -0.2) is 4.99 Å². The molecule has 1 amide bonds. The molecule has 0 aromatic carbocycles. The highest BCUT2D eigenvalue weighted by atomic mass is 127. The molecular weight excluding hydrogens is 465 g/mol. The van der Waals surface area contributed by atoms with Crippen molar-refractivity contribution >= 4 is 35.8 Å². The zero-order chi connectivity index (χ0) is 19.2. The summed E-state index contributed by atoms with van der Waals surface area (Å²) in [6.45, 7) is 1.19. The van der Waals surface area contributed by atoms with E-state index in [9.17, 15) is 4.79 Å². The first-order valence-electron chi connectivity index (χ1n) is 11.0. The van der Waals surface area contributed by atoms with Crippen LogP contribution < -0.4 is 10.6 Å². The second-order valence-electron chi connectivity index (χ2n) is 9.05. The Morgan fingerprint density at radius 1 is 1.04 bits per heavy atom. The van der Waals surface area contributed by atoms with Crippen LogP contribution in [-0.2, 0) is 4.79 Å². The van der Waals surface area contributed by atoms with Crippen LogP contribution in [0.15, 0.2) is 4.99 Å². The number of guanidine groups is 1. The normalized spacial score (nSPS) is 29.0. The van der Waals surface area contributed by atoms with Crippen molar-refractivity contribution in [1.29, 1.82) is 0 Å². The molecule has 6 nitrogen and oxygen atoms in total. The van der Waals surface area contributed by atoms with E-state index in [2.05, 4.69) is 27.6 Å². The summed E-state index contributed by atoms with van der Waals surface area (Å²) in [5, 5.41) is 7.24. The number of nitrogens with one attached hydrogen (secondary N) is 2. The van der Waals surface area contributed by atoms with Crippen molar-refractivity contribution in [3.05, 3.63) is 0 Å². The molecule has 2 aliphatic heterocycles. The zero-order valence-corrected chi connectivity index (χ0v) is 20.3. The van der Waals surface area contributed by atoms with Crippen LogP contribution in [0.4, 0.5) is 0 Å². The van der Waals surface area contributed by atoms with Gasteiger partial charge in [0.15, 0.2) is 5.96 Å². The summed E-state index contributed by atoms with van der Waals surface area (Å²) in [6, 6.07) is 1.85. The lowest BCUT2D eigenvalue weighted by Crippen LogP contribution is -2.57. The second-order valence-corrected chi connectivity index (χ2v) is 9.05. The largest absolute Gasteiger partial charge is 0.356 e. The Kier molecular flexibility index (Phi) is 9.80. The van der Waals surface area contributed by atoms with Crippen molar-refractivity contribution in [2.24, 2.45) is 10.9 Å². The van der Waals surface area contributed by atoms with Crippen LogP contribution in [0.25, 0.3) is 0 Å². The monoisotopic (exact) mass is 505 g/mol. The van der Waals surface area contributed by atoms with Crippen LogP contribution in [0.2, 0.25) is 0 Å². The third-order valence-corrected chi connectivity index (χ3v) is 6.83. The zero-order valence-electron chi connectivity index (χ0n) is 18.0. The predicted octanol–water partition coefficient (Wildman–Crippen LogP) is 2.82. The summed E-state index contributed by atoms with van der Waals surface area (Å²) < 4.78 is 0. The van der Waals surface area contributed by atoms with Crippen molar-refractivity contribution < 1.29 is 4.79 Å². The first kappa shape index (κ1) is 23.7. The molecule has 2 saturated heterocycles. The Labute approximate surface area is 188 Å². The fourth-order valence-corrected chi connectivity index (χ4v) is 5.00. The van der Waals surface area contributed by atoms with Gasteiger partial charge in [0.25, 0.3) is 0 Å². The molecule has 3 rings (SSSR count). The number of carbonyl (C=O) groups is 1. The van der Waals surface area contributed by atoms with E-state index in [1.54, 1.807) is 19.0 Å². The molecule has 162 valence electrons. The number of aliphatic imine (C=N–C) groups is 1. The molecule has 2 heterocycles. The van der Waals surface area contributed by atoms with E-state index in [0.717, 1.165) is 18.4 Å². The number of amides is 1. The molecule has 0 radical (unpaired) electrons. The van der Waals surface area contributed by atoms with E-state index >= 15 is 0 Å². The van der Waals surface area contributed by atoms with Crippen molar-refractivity contribution in [3.63, 3.8) is 0 Å². The highest BCUT2D eigenvalue weighted by molar-refractivity contribution is 14.0. The Bertz CT molecular complexity index is 507. The SMILES string of the molecule is CN(C)C(=O)CN=C(NCC1CCCCC1)NC1CC2CCCC(C1)N2C.I. The van der Waals surface area contributed by atoms with Gasteiger partial charge in [0.1, 0.15) is 6.54 Å². The topological polar surface area (TPSA) is 60.0 Å². The molecule has 28 heavy (non-hydrogen) atoms. The van der Waals surface area contributed by atoms with Gasteiger partial charge in [0.05, 0.1) is 0 Å². The molecule has 1 saturated carbocycles. The molecule has 0 spiro atoms. The summed E-state index contributed by atoms with van der Waals surface area (Å²) >= 11 is 0. The van der Waals surface area contributed by atoms with Crippen molar-refractivity contribution in [2.45, 2.75) is 82.3 Å². The maximum absolute atomic E-state index is 12.0. The highest BCUT2D eigenvalue weighted by Gasteiger charge is 2.36. The van der Waals surface area contributed by atoms with Crippen LogP contribution in [0.3, 0.4) is 0 Å². The molecule has 2 bridgehead atoms. The minimum absolute atomic E-state index is 0. The molecule has 2 unspecified atom stereocenters. The van der Waals surface area contributed by atoms with Crippen LogP contribution in [-0.4, -0.2) is 74.0 Å². The average molecular weight is 505 g/mol. The minimum atomic E-state index is 0. The molecule has 2 N–H and O–H groups in total. The van der Waals surface area contributed by atoms with Gasteiger partial charge in [-0.3, -0.25) is 4.79 Å². The predicted molar refractivity (Wildman–Crippen MR) is 126 cm³/mol. The van der Waals surface area contributed by atoms with Gasteiger partial charge in [0.2, 0.25) is 5.91 Å². The number of fused-ring (bicyclic) bond motifs is 2. The number of hydrogen-bond donors (Lipinski definition) is 2. The minimum Gasteiger partial charge on any atom is -0.356 e. The smallest absolute Gasteiger partial charge is 0.243 e. The van der Waals surface area contributed by atoms with Gasteiger partial charge in [-0.15, -0.1) is 24.0 Å². The van der Waals surface area contributed by atoms with Crippen molar-refractivity contribution in [3.8, 4) is 0 Å². The Morgan fingerprint density at radius 3 is 2.29 bits per heavy atom. The van der Waals surface area contributed by atoms with E-state index < -0.39 is 0 Å². The number of carbonyl (C=O) groups excluding carboxylic acids is 1. The lowest BCUT2D eigenvalue weighted by molar-refractivity contribution is -0.127. The van der Waals surface area contributed by atoms with Crippen LogP contribution in [0.1, 0.15) is 64.2 Å². The highest BCUT2D eigenvalue weighted by Crippen LogP contribution is 2.32. The molecule has 3 fully saturated rings. The standard InChI is InChI=1S/C21H39N5O.HI/c1-25(2)20(27)15-23-21(22-14-16-8-5-4-6-9-16)24-17-12-18-10-7-11-19(13-17)26(18)3;/h16-19H,4-15H2,1-3H3,(H2,22,23,24);1H. The first-order valence-corrected chi connectivity index (χ1v) is 11.0. The number of piperidine rings is 2. The summed E-state index contributed by atoms with van der Waals surface area (Å²) in [6.07, 6.45) is 13.1. The van der Waals surface area contributed by atoms with E-state index in [-0.39, 0.29) is 36.4 Å². The summed E-state index contributed by atoms with van der Waals surface area (Å²) in [5.41, 5.74) is 0. The van der Waals surface area contributed by atoms with Gasteiger partial charge >= 0.3 is 0 Å². The fraction of sp³-hybridized carbons (Fsp3) is 0.905. The van der Waals surface area contributed by atoms with Gasteiger partial charge < -0.3 is 20.4 Å². The molecule has 0 aromatic heterocycles. The summed E-state index contributed by atoms with van der Waals surface area (Å²) in [7, 11) is 5.87. The quantitative estimate of drug-likeness (QED) is 0.343. The van der Waals surface area contributed by atoms with E-state index in [1.165, 1.54) is 64.2 Å².